The molecule has 1 fully saturated rings. The highest BCUT2D eigenvalue weighted by Crippen LogP contribution is 2.28. The van der Waals surface area contributed by atoms with Crippen LogP contribution in [0.1, 0.15) is 55.7 Å². The van der Waals surface area contributed by atoms with Gasteiger partial charge in [-0.1, -0.05) is 31.9 Å². The second kappa shape index (κ2) is 9.33. The first-order valence-electron chi connectivity index (χ1n) is 12.0. The Morgan fingerprint density at radius 1 is 1.12 bits per heavy atom. The maximum atomic E-state index is 15.1. The smallest absolute Gasteiger partial charge is 0.272 e. The fourth-order valence-corrected chi connectivity index (χ4v) is 4.69. The molecule has 1 unspecified atom stereocenters. The van der Waals surface area contributed by atoms with Crippen LogP contribution >= 0.6 is 0 Å². The molecule has 5 rings (SSSR count). The molecule has 0 bridgehead atoms. The summed E-state index contributed by atoms with van der Waals surface area (Å²) in [6.45, 7) is 4.88. The number of hydrogen-bond donors (Lipinski definition) is 0. The number of fused-ring (bicyclic) bond motifs is 1. The zero-order chi connectivity index (χ0) is 23.7. The first kappa shape index (κ1) is 22.2. The first-order chi connectivity index (χ1) is 16.5. The third-order valence-electron chi connectivity index (χ3n) is 6.64. The number of nitrogens with zero attached hydrogens (tertiary/aromatic N) is 5. The predicted octanol–water partition coefficient (Wildman–Crippen LogP) is 5.56. The molecule has 1 saturated heterocycles. The van der Waals surface area contributed by atoms with Crippen molar-refractivity contribution in [2.45, 2.75) is 52.0 Å². The van der Waals surface area contributed by atoms with Gasteiger partial charge in [0, 0.05) is 47.9 Å². The number of likely N-dealkylation sites (tertiary alicyclic amines) is 1. The van der Waals surface area contributed by atoms with E-state index in [9.17, 15) is 4.79 Å². The van der Waals surface area contributed by atoms with E-state index in [1.165, 1.54) is 6.07 Å². The predicted molar refractivity (Wildman–Crippen MR) is 130 cm³/mol. The SMILES string of the molecule is CCc1cc(C(=O)N2CCCCCC2C)nc2cc(-c3ccc(-c4cccnc4)cc3F)nn12. The number of aryl methyl sites for hydroxylation is 1. The van der Waals surface area contributed by atoms with Gasteiger partial charge in [-0.2, -0.15) is 5.10 Å². The van der Waals surface area contributed by atoms with Gasteiger partial charge >= 0.3 is 0 Å². The number of halogens is 1. The maximum Gasteiger partial charge on any atom is 0.272 e. The molecule has 4 aromatic rings. The van der Waals surface area contributed by atoms with Crippen LogP contribution in [0.5, 0.6) is 0 Å². The van der Waals surface area contributed by atoms with E-state index in [1.807, 2.05) is 36.1 Å². The van der Waals surface area contributed by atoms with Crippen LogP contribution in [0.4, 0.5) is 4.39 Å². The summed E-state index contributed by atoms with van der Waals surface area (Å²) in [4.78, 5) is 24.0. The Labute approximate surface area is 198 Å². The molecule has 3 aromatic heterocycles. The minimum Gasteiger partial charge on any atom is -0.335 e. The Balaban J connectivity index is 1.52. The van der Waals surface area contributed by atoms with Crippen molar-refractivity contribution in [3.05, 3.63) is 72.1 Å². The van der Waals surface area contributed by atoms with Crippen LogP contribution in [0.2, 0.25) is 0 Å². The second-order valence-corrected chi connectivity index (χ2v) is 8.92. The van der Waals surface area contributed by atoms with Crippen LogP contribution in [-0.4, -0.2) is 43.0 Å². The molecule has 1 amide bonds. The molecule has 1 aromatic carbocycles. The van der Waals surface area contributed by atoms with Crippen LogP contribution in [0.3, 0.4) is 0 Å². The topological polar surface area (TPSA) is 63.4 Å². The van der Waals surface area contributed by atoms with Crippen molar-refractivity contribution < 1.29 is 9.18 Å². The Morgan fingerprint density at radius 3 is 2.76 bits per heavy atom. The largest absolute Gasteiger partial charge is 0.335 e. The average Bonchev–Trinajstić information content (AvgIpc) is 3.17. The molecule has 6 nitrogen and oxygen atoms in total. The van der Waals surface area contributed by atoms with Gasteiger partial charge < -0.3 is 4.90 Å². The fraction of sp³-hybridized carbons (Fsp3) is 0.333. The van der Waals surface area contributed by atoms with Gasteiger partial charge in [-0.15, -0.1) is 0 Å². The molecular formula is C27H28FN5O. The first-order valence-corrected chi connectivity index (χ1v) is 12.0. The second-order valence-electron chi connectivity index (χ2n) is 8.92. The van der Waals surface area contributed by atoms with Gasteiger partial charge in [0.1, 0.15) is 11.5 Å². The van der Waals surface area contributed by atoms with E-state index in [0.717, 1.165) is 49.0 Å². The standard InChI is InChI=1S/C27H28FN5O/c1-3-21-15-25(27(34)32-13-6-4-5-8-18(32)2)30-26-16-24(31-33(21)26)22-11-10-19(14-23(22)28)20-9-7-12-29-17-20/h7,9-12,14-18H,3-6,8,13H2,1-2H3. The van der Waals surface area contributed by atoms with Gasteiger partial charge in [0.25, 0.3) is 5.91 Å². The Morgan fingerprint density at radius 2 is 2.00 bits per heavy atom. The van der Waals surface area contributed by atoms with Gasteiger partial charge in [-0.05, 0) is 56.0 Å². The summed E-state index contributed by atoms with van der Waals surface area (Å²) in [7, 11) is 0. The summed E-state index contributed by atoms with van der Waals surface area (Å²) in [6.07, 6.45) is 8.41. The lowest BCUT2D eigenvalue weighted by Gasteiger charge is -2.27. The number of rotatable bonds is 4. The normalized spacial score (nSPS) is 16.6. The van der Waals surface area contributed by atoms with Gasteiger partial charge in [0.05, 0.1) is 5.69 Å². The molecule has 7 heteroatoms. The Bertz CT molecular complexity index is 1330. The van der Waals surface area contributed by atoms with Crippen LogP contribution in [-0.2, 0) is 6.42 Å². The quantitative estimate of drug-likeness (QED) is 0.402. The molecule has 0 N–H and O–H groups in total. The summed E-state index contributed by atoms with van der Waals surface area (Å²) in [6, 6.07) is 12.6. The molecule has 4 heterocycles. The third-order valence-corrected chi connectivity index (χ3v) is 6.64. The van der Waals surface area contributed by atoms with Gasteiger partial charge in [0.15, 0.2) is 5.65 Å². The number of pyridine rings is 1. The molecule has 0 saturated carbocycles. The van der Waals surface area contributed by atoms with E-state index in [2.05, 4.69) is 22.0 Å². The van der Waals surface area contributed by atoms with Crippen molar-refractivity contribution in [1.82, 2.24) is 24.5 Å². The highest BCUT2D eigenvalue weighted by atomic mass is 19.1. The summed E-state index contributed by atoms with van der Waals surface area (Å²) in [5.74, 6) is -0.404. The van der Waals surface area contributed by atoms with Crippen molar-refractivity contribution in [3.8, 4) is 22.4 Å². The molecule has 34 heavy (non-hydrogen) atoms. The lowest BCUT2D eigenvalue weighted by Crippen LogP contribution is -2.38. The van der Waals surface area contributed by atoms with Crippen molar-refractivity contribution >= 4 is 11.6 Å². The zero-order valence-corrected chi connectivity index (χ0v) is 19.5. The number of carbonyl (C=O) groups is 1. The molecule has 1 aliphatic rings. The van der Waals surface area contributed by atoms with Gasteiger partial charge in [-0.3, -0.25) is 9.78 Å². The molecule has 1 atom stereocenters. The Hall–Kier alpha value is -3.61. The number of aromatic nitrogens is 4. The molecule has 0 aliphatic carbocycles. The van der Waals surface area contributed by atoms with Gasteiger partial charge in [-0.25, -0.2) is 13.9 Å². The van der Waals surface area contributed by atoms with Crippen molar-refractivity contribution in [2.24, 2.45) is 0 Å². The molecule has 0 radical (unpaired) electrons. The highest BCUT2D eigenvalue weighted by Gasteiger charge is 2.25. The fourth-order valence-electron chi connectivity index (χ4n) is 4.69. The molecule has 174 valence electrons. The molecule has 0 spiro atoms. The highest BCUT2D eigenvalue weighted by molar-refractivity contribution is 5.93. The average molecular weight is 458 g/mol. The number of carbonyl (C=O) groups excluding carboxylic acids is 1. The number of benzene rings is 1. The zero-order valence-electron chi connectivity index (χ0n) is 19.5. The van der Waals surface area contributed by atoms with E-state index in [0.29, 0.717) is 29.0 Å². The van der Waals surface area contributed by atoms with E-state index in [1.54, 1.807) is 29.0 Å². The van der Waals surface area contributed by atoms with Crippen molar-refractivity contribution in [3.63, 3.8) is 0 Å². The minimum atomic E-state index is -0.363. The summed E-state index contributed by atoms with van der Waals surface area (Å²) >= 11 is 0. The van der Waals surface area contributed by atoms with E-state index in [-0.39, 0.29) is 17.8 Å². The van der Waals surface area contributed by atoms with E-state index in [4.69, 9.17) is 0 Å². The van der Waals surface area contributed by atoms with Crippen LogP contribution in [0.25, 0.3) is 28.0 Å². The summed E-state index contributed by atoms with van der Waals surface area (Å²) < 4.78 is 16.8. The van der Waals surface area contributed by atoms with Crippen molar-refractivity contribution in [1.29, 1.82) is 0 Å². The van der Waals surface area contributed by atoms with Crippen LogP contribution < -0.4 is 0 Å². The lowest BCUT2D eigenvalue weighted by molar-refractivity contribution is 0.0692. The monoisotopic (exact) mass is 457 g/mol. The van der Waals surface area contributed by atoms with Crippen LogP contribution in [0.15, 0.2) is 54.9 Å². The van der Waals surface area contributed by atoms with E-state index < -0.39 is 0 Å². The summed E-state index contributed by atoms with van der Waals surface area (Å²) in [5.41, 5.74) is 4.34. The number of amides is 1. The Kier molecular flexibility index (Phi) is 6.09. The third kappa shape index (κ3) is 4.18. The lowest BCUT2D eigenvalue weighted by atomic mass is 10.0. The van der Waals surface area contributed by atoms with E-state index >= 15 is 4.39 Å². The van der Waals surface area contributed by atoms with Crippen molar-refractivity contribution in [2.75, 3.05) is 6.54 Å². The minimum absolute atomic E-state index is 0.0404. The molecular weight excluding hydrogens is 429 g/mol. The van der Waals surface area contributed by atoms with Gasteiger partial charge in [0.2, 0.25) is 0 Å². The number of hydrogen-bond acceptors (Lipinski definition) is 4. The maximum absolute atomic E-state index is 15.1. The summed E-state index contributed by atoms with van der Waals surface area (Å²) in [5, 5.41) is 4.64. The van der Waals surface area contributed by atoms with Crippen LogP contribution in [0, 0.1) is 5.82 Å². The molecule has 1 aliphatic heterocycles.